The SMILES string of the molecule is CSc1ccc(CC(=O)O)c(SC)c1. The quantitative estimate of drug-likeness (QED) is 0.804. The largest absolute Gasteiger partial charge is 0.481 e. The number of carboxylic acid groups (broad SMARTS) is 1. The van der Waals surface area contributed by atoms with E-state index in [2.05, 4.69) is 0 Å². The topological polar surface area (TPSA) is 37.3 Å². The second-order valence-electron chi connectivity index (χ2n) is 2.75. The van der Waals surface area contributed by atoms with Crippen LogP contribution in [0.2, 0.25) is 0 Å². The zero-order chi connectivity index (χ0) is 10.6. The van der Waals surface area contributed by atoms with Crippen molar-refractivity contribution in [1.29, 1.82) is 0 Å². The Morgan fingerprint density at radius 1 is 1.36 bits per heavy atom. The molecule has 0 aliphatic carbocycles. The number of hydrogen-bond donors (Lipinski definition) is 1. The van der Waals surface area contributed by atoms with Crippen LogP contribution in [-0.2, 0) is 11.2 Å². The summed E-state index contributed by atoms with van der Waals surface area (Å²) in [4.78, 5) is 12.8. The number of hydrogen-bond acceptors (Lipinski definition) is 3. The molecule has 1 rings (SSSR count). The van der Waals surface area contributed by atoms with Crippen LogP contribution < -0.4 is 0 Å². The van der Waals surface area contributed by atoms with Gasteiger partial charge in [0.1, 0.15) is 0 Å². The van der Waals surface area contributed by atoms with Crippen molar-refractivity contribution in [3.63, 3.8) is 0 Å². The third-order valence-corrected chi connectivity index (χ3v) is 3.38. The summed E-state index contributed by atoms with van der Waals surface area (Å²) in [5.41, 5.74) is 0.891. The van der Waals surface area contributed by atoms with Crippen LogP contribution in [0.5, 0.6) is 0 Å². The molecule has 0 radical (unpaired) electrons. The number of thioether (sulfide) groups is 2. The first-order valence-corrected chi connectivity index (χ1v) is 6.55. The molecule has 76 valence electrons. The van der Waals surface area contributed by atoms with Gasteiger partial charge in [-0.2, -0.15) is 0 Å². The van der Waals surface area contributed by atoms with E-state index in [0.29, 0.717) is 0 Å². The molecule has 0 amide bonds. The van der Waals surface area contributed by atoms with Gasteiger partial charge in [-0.15, -0.1) is 23.5 Å². The van der Waals surface area contributed by atoms with Gasteiger partial charge in [-0.25, -0.2) is 0 Å². The lowest BCUT2D eigenvalue weighted by Gasteiger charge is -2.06. The van der Waals surface area contributed by atoms with Gasteiger partial charge in [0, 0.05) is 9.79 Å². The Morgan fingerprint density at radius 3 is 2.57 bits per heavy atom. The molecule has 0 saturated carbocycles. The van der Waals surface area contributed by atoms with Crippen LogP contribution in [0.1, 0.15) is 5.56 Å². The molecule has 0 aliphatic rings. The molecule has 0 aromatic heterocycles. The van der Waals surface area contributed by atoms with Gasteiger partial charge in [-0.05, 0) is 30.2 Å². The molecule has 0 heterocycles. The third-order valence-electron chi connectivity index (χ3n) is 1.84. The van der Waals surface area contributed by atoms with Crippen LogP contribution in [0.15, 0.2) is 28.0 Å². The molecule has 1 N–H and O–H groups in total. The summed E-state index contributed by atoms with van der Waals surface area (Å²) < 4.78 is 0. The molecule has 0 aliphatic heterocycles. The summed E-state index contributed by atoms with van der Waals surface area (Å²) in [6.07, 6.45) is 4.08. The molecule has 1 aromatic carbocycles. The Hall–Kier alpha value is -0.610. The highest BCUT2D eigenvalue weighted by molar-refractivity contribution is 7.99. The van der Waals surface area contributed by atoms with E-state index in [4.69, 9.17) is 5.11 Å². The van der Waals surface area contributed by atoms with Crippen molar-refractivity contribution in [2.24, 2.45) is 0 Å². The summed E-state index contributed by atoms with van der Waals surface area (Å²) in [6, 6.07) is 5.89. The maximum atomic E-state index is 10.6. The first kappa shape index (κ1) is 11.5. The molecule has 1 aromatic rings. The fourth-order valence-electron chi connectivity index (χ4n) is 1.16. The van der Waals surface area contributed by atoms with E-state index in [1.807, 2.05) is 30.7 Å². The Bertz CT molecular complexity index is 337. The predicted octanol–water partition coefficient (Wildman–Crippen LogP) is 2.76. The zero-order valence-corrected chi connectivity index (χ0v) is 9.74. The summed E-state index contributed by atoms with van der Waals surface area (Å²) in [5, 5.41) is 8.70. The second-order valence-corrected chi connectivity index (χ2v) is 4.48. The summed E-state index contributed by atoms with van der Waals surface area (Å²) in [6.45, 7) is 0. The van der Waals surface area contributed by atoms with Crippen molar-refractivity contribution in [3.8, 4) is 0 Å². The standard InChI is InChI=1S/C10H12O2S2/c1-13-8-4-3-7(5-10(11)12)9(6-8)14-2/h3-4,6H,5H2,1-2H3,(H,11,12). The van der Waals surface area contributed by atoms with Crippen molar-refractivity contribution in [2.45, 2.75) is 16.2 Å². The average molecular weight is 228 g/mol. The van der Waals surface area contributed by atoms with E-state index >= 15 is 0 Å². The number of carboxylic acids is 1. The molecular formula is C10H12O2S2. The third kappa shape index (κ3) is 2.96. The van der Waals surface area contributed by atoms with Gasteiger partial charge in [0.25, 0.3) is 0 Å². The number of rotatable bonds is 4. The van der Waals surface area contributed by atoms with Crippen LogP contribution in [0.4, 0.5) is 0 Å². The lowest BCUT2D eigenvalue weighted by molar-refractivity contribution is -0.136. The molecule has 0 unspecified atom stereocenters. The monoisotopic (exact) mass is 228 g/mol. The normalized spacial score (nSPS) is 10.1. The summed E-state index contributed by atoms with van der Waals surface area (Å²) >= 11 is 3.26. The van der Waals surface area contributed by atoms with Crippen molar-refractivity contribution in [1.82, 2.24) is 0 Å². The zero-order valence-electron chi connectivity index (χ0n) is 8.11. The maximum Gasteiger partial charge on any atom is 0.307 e. The van der Waals surface area contributed by atoms with Gasteiger partial charge in [0.05, 0.1) is 6.42 Å². The highest BCUT2D eigenvalue weighted by Crippen LogP contribution is 2.26. The van der Waals surface area contributed by atoms with Gasteiger partial charge >= 0.3 is 5.97 Å². The van der Waals surface area contributed by atoms with Crippen molar-refractivity contribution < 1.29 is 9.90 Å². The average Bonchev–Trinajstić information content (AvgIpc) is 2.17. The number of aliphatic carboxylic acids is 1. The van der Waals surface area contributed by atoms with Crippen LogP contribution in [0.3, 0.4) is 0 Å². The van der Waals surface area contributed by atoms with Gasteiger partial charge < -0.3 is 5.11 Å². The molecule has 4 heteroatoms. The van der Waals surface area contributed by atoms with Crippen molar-refractivity contribution in [3.05, 3.63) is 23.8 Å². The van der Waals surface area contributed by atoms with Crippen molar-refractivity contribution in [2.75, 3.05) is 12.5 Å². The molecule has 0 saturated heterocycles. The highest BCUT2D eigenvalue weighted by atomic mass is 32.2. The molecular weight excluding hydrogens is 216 g/mol. The number of benzene rings is 1. The lowest BCUT2D eigenvalue weighted by atomic mass is 10.1. The van der Waals surface area contributed by atoms with Gasteiger partial charge in [-0.3, -0.25) is 4.79 Å². The highest BCUT2D eigenvalue weighted by Gasteiger charge is 2.06. The summed E-state index contributed by atoms with van der Waals surface area (Å²) in [7, 11) is 0. The Morgan fingerprint density at radius 2 is 2.07 bits per heavy atom. The fraction of sp³-hybridized carbons (Fsp3) is 0.300. The van der Waals surface area contributed by atoms with E-state index in [-0.39, 0.29) is 6.42 Å². The molecule has 0 spiro atoms. The van der Waals surface area contributed by atoms with E-state index in [1.54, 1.807) is 23.5 Å². The van der Waals surface area contributed by atoms with Gasteiger partial charge in [-0.1, -0.05) is 6.07 Å². The van der Waals surface area contributed by atoms with E-state index < -0.39 is 5.97 Å². The minimum absolute atomic E-state index is 0.102. The van der Waals surface area contributed by atoms with Gasteiger partial charge in [0.15, 0.2) is 0 Å². The molecule has 2 nitrogen and oxygen atoms in total. The van der Waals surface area contributed by atoms with Crippen molar-refractivity contribution >= 4 is 29.5 Å². The van der Waals surface area contributed by atoms with Crippen LogP contribution >= 0.6 is 23.5 Å². The first-order valence-electron chi connectivity index (χ1n) is 4.10. The second kappa shape index (κ2) is 5.32. The smallest absolute Gasteiger partial charge is 0.307 e. The molecule has 14 heavy (non-hydrogen) atoms. The molecule has 0 fully saturated rings. The van der Waals surface area contributed by atoms with E-state index in [0.717, 1.165) is 10.5 Å². The minimum atomic E-state index is -0.780. The molecule has 0 bridgehead atoms. The minimum Gasteiger partial charge on any atom is -0.481 e. The number of carbonyl (C=O) groups is 1. The Labute approximate surface area is 92.1 Å². The van der Waals surface area contributed by atoms with Crippen LogP contribution in [0, 0.1) is 0 Å². The van der Waals surface area contributed by atoms with Crippen LogP contribution in [0.25, 0.3) is 0 Å². The Balaban J connectivity index is 2.98. The predicted molar refractivity (Wildman–Crippen MR) is 61.3 cm³/mol. The lowest BCUT2D eigenvalue weighted by Crippen LogP contribution is -2.01. The maximum absolute atomic E-state index is 10.6. The van der Waals surface area contributed by atoms with Gasteiger partial charge in [0.2, 0.25) is 0 Å². The first-order chi connectivity index (χ1) is 6.67. The fourth-order valence-corrected chi connectivity index (χ4v) is 2.32. The van der Waals surface area contributed by atoms with E-state index in [1.165, 1.54) is 4.90 Å². The molecule has 0 atom stereocenters. The Kier molecular flexibility index (Phi) is 4.35. The van der Waals surface area contributed by atoms with E-state index in [9.17, 15) is 4.79 Å². The van der Waals surface area contributed by atoms with Crippen LogP contribution in [-0.4, -0.2) is 23.6 Å². The summed E-state index contributed by atoms with van der Waals surface area (Å²) in [5.74, 6) is -0.780.